The summed E-state index contributed by atoms with van der Waals surface area (Å²) in [5.74, 6) is -1.56. The first-order valence-corrected chi connectivity index (χ1v) is 12.2. The summed E-state index contributed by atoms with van der Waals surface area (Å²) in [7, 11) is 0. The lowest BCUT2D eigenvalue weighted by atomic mass is 9.81. The molecular formula is C26H34F2N6O3. The van der Waals surface area contributed by atoms with Gasteiger partial charge >= 0.3 is 0 Å². The number of carbonyl (C=O) groups excluding carboxylic acids is 2. The van der Waals surface area contributed by atoms with Crippen LogP contribution in [0.15, 0.2) is 37.1 Å². The van der Waals surface area contributed by atoms with Gasteiger partial charge < -0.3 is 21.1 Å². The van der Waals surface area contributed by atoms with Crippen LogP contribution in [0.2, 0.25) is 0 Å². The van der Waals surface area contributed by atoms with Crippen LogP contribution in [0.1, 0.15) is 51.5 Å². The fraction of sp³-hybridized carbons (Fsp3) is 0.500. The number of rotatable bonds is 14. The summed E-state index contributed by atoms with van der Waals surface area (Å²) in [5.41, 5.74) is 13.1. The van der Waals surface area contributed by atoms with Gasteiger partial charge in [0, 0.05) is 31.8 Å². The SMILES string of the molecule is CC(C)(CCC(=O)CC(N)Cc1cc(F)ccc1F)CCC(=O)[C@@H](O)[C@H](N)Cn1cnc2cncnc21. The number of ketones is 2. The molecule has 0 fully saturated rings. The van der Waals surface area contributed by atoms with Crippen LogP contribution in [0.3, 0.4) is 0 Å². The quantitative estimate of drug-likeness (QED) is 0.296. The third kappa shape index (κ3) is 8.17. The van der Waals surface area contributed by atoms with Gasteiger partial charge in [-0.15, -0.1) is 0 Å². The van der Waals surface area contributed by atoms with Crippen LogP contribution < -0.4 is 11.5 Å². The second kappa shape index (κ2) is 12.4. The minimum absolute atomic E-state index is 0.0480. The summed E-state index contributed by atoms with van der Waals surface area (Å²) in [6, 6.07) is 1.71. The number of nitrogens with zero attached hydrogens (tertiary/aromatic N) is 4. The molecule has 11 heteroatoms. The lowest BCUT2D eigenvalue weighted by molar-refractivity contribution is -0.128. The standard InChI is InChI=1S/C26H34F2N6O3/c1-26(2,7-5-19(35)11-18(29)10-16-9-17(27)3-4-20(16)28)8-6-23(36)24(37)21(30)13-34-15-33-22-12-31-14-32-25(22)34/h3-4,9,12,14-15,18,21,24,37H,5-8,10-11,13,29-30H2,1-2H3/t18?,21-,24+/m1/s1. The Morgan fingerprint density at radius 1 is 1.14 bits per heavy atom. The molecule has 0 aliphatic carbocycles. The van der Waals surface area contributed by atoms with Crippen LogP contribution in [0.25, 0.3) is 11.2 Å². The summed E-state index contributed by atoms with van der Waals surface area (Å²) < 4.78 is 28.8. The van der Waals surface area contributed by atoms with E-state index < -0.39 is 29.8 Å². The number of carbonyl (C=O) groups is 2. The molecule has 3 rings (SSSR count). The zero-order valence-corrected chi connectivity index (χ0v) is 21.1. The second-order valence-corrected chi connectivity index (χ2v) is 10.3. The highest BCUT2D eigenvalue weighted by Crippen LogP contribution is 2.29. The zero-order valence-electron chi connectivity index (χ0n) is 21.1. The van der Waals surface area contributed by atoms with E-state index in [0.717, 1.165) is 18.2 Å². The highest BCUT2D eigenvalue weighted by Gasteiger charge is 2.27. The lowest BCUT2D eigenvalue weighted by Crippen LogP contribution is -2.43. The molecule has 2 heterocycles. The smallest absolute Gasteiger partial charge is 0.163 e. The van der Waals surface area contributed by atoms with Gasteiger partial charge in [0.2, 0.25) is 0 Å². The number of aromatic nitrogens is 4. The number of imidazole rings is 1. The van der Waals surface area contributed by atoms with E-state index in [-0.39, 0.29) is 54.8 Å². The molecule has 200 valence electrons. The Balaban J connectivity index is 1.42. The Kier molecular flexibility index (Phi) is 9.52. The van der Waals surface area contributed by atoms with Gasteiger partial charge in [-0.2, -0.15) is 0 Å². The van der Waals surface area contributed by atoms with E-state index >= 15 is 0 Å². The summed E-state index contributed by atoms with van der Waals surface area (Å²) >= 11 is 0. The van der Waals surface area contributed by atoms with Crippen LogP contribution >= 0.6 is 0 Å². The van der Waals surface area contributed by atoms with Crippen molar-refractivity contribution in [1.82, 2.24) is 19.5 Å². The van der Waals surface area contributed by atoms with Crippen molar-refractivity contribution >= 4 is 22.7 Å². The molecule has 0 radical (unpaired) electrons. The number of hydrogen-bond donors (Lipinski definition) is 3. The van der Waals surface area contributed by atoms with E-state index in [2.05, 4.69) is 15.0 Å². The monoisotopic (exact) mass is 516 g/mol. The van der Waals surface area contributed by atoms with E-state index in [0.29, 0.717) is 24.0 Å². The Morgan fingerprint density at radius 2 is 1.86 bits per heavy atom. The Morgan fingerprint density at radius 3 is 2.62 bits per heavy atom. The minimum Gasteiger partial charge on any atom is -0.384 e. The van der Waals surface area contributed by atoms with E-state index in [1.807, 2.05) is 13.8 Å². The molecule has 1 unspecified atom stereocenters. The molecule has 0 amide bonds. The number of aliphatic hydroxyl groups is 1. The van der Waals surface area contributed by atoms with Crippen molar-refractivity contribution in [3.05, 3.63) is 54.2 Å². The molecule has 0 saturated heterocycles. The molecule has 2 aromatic heterocycles. The van der Waals surface area contributed by atoms with Crippen LogP contribution in [0.5, 0.6) is 0 Å². The molecule has 0 aliphatic heterocycles. The van der Waals surface area contributed by atoms with E-state index in [4.69, 9.17) is 11.5 Å². The van der Waals surface area contributed by atoms with Crippen molar-refractivity contribution in [3.8, 4) is 0 Å². The van der Waals surface area contributed by atoms with Crippen molar-refractivity contribution in [2.75, 3.05) is 0 Å². The van der Waals surface area contributed by atoms with Crippen molar-refractivity contribution in [3.63, 3.8) is 0 Å². The first-order valence-electron chi connectivity index (χ1n) is 12.2. The van der Waals surface area contributed by atoms with Gasteiger partial charge in [0.25, 0.3) is 0 Å². The zero-order chi connectivity index (χ0) is 27.2. The number of fused-ring (bicyclic) bond motifs is 1. The molecule has 0 bridgehead atoms. The highest BCUT2D eigenvalue weighted by molar-refractivity contribution is 5.83. The molecule has 5 N–H and O–H groups in total. The first-order chi connectivity index (χ1) is 17.4. The largest absolute Gasteiger partial charge is 0.384 e. The Hall–Kier alpha value is -3.15. The highest BCUT2D eigenvalue weighted by atomic mass is 19.1. The first kappa shape index (κ1) is 28.4. The van der Waals surface area contributed by atoms with Crippen molar-refractivity contribution in [1.29, 1.82) is 0 Å². The minimum atomic E-state index is -1.35. The predicted octanol–water partition coefficient (Wildman–Crippen LogP) is 2.48. The van der Waals surface area contributed by atoms with Crippen molar-refractivity contribution < 1.29 is 23.5 Å². The number of hydrogen-bond acceptors (Lipinski definition) is 8. The van der Waals surface area contributed by atoms with Gasteiger partial charge in [-0.3, -0.25) is 9.59 Å². The Labute approximate surface area is 214 Å². The van der Waals surface area contributed by atoms with Crippen LogP contribution in [0, 0.1) is 17.0 Å². The summed E-state index contributed by atoms with van der Waals surface area (Å²) in [4.78, 5) is 37.3. The predicted molar refractivity (Wildman–Crippen MR) is 134 cm³/mol. The van der Waals surface area contributed by atoms with Crippen LogP contribution in [-0.2, 0) is 22.6 Å². The van der Waals surface area contributed by atoms with E-state index in [1.54, 1.807) is 10.8 Å². The van der Waals surface area contributed by atoms with Crippen molar-refractivity contribution in [2.45, 2.75) is 77.1 Å². The summed E-state index contributed by atoms with van der Waals surface area (Å²) in [5, 5.41) is 10.5. The van der Waals surface area contributed by atoms with E-state index in [9.17, 15) is 23.5 Å². The molecule has 0 saturated carbocycles. The molecular weight excluding hydrogens is 482 g/mol. The molecule has 1 aromatic carbocycles. The summed E-state index contributed by atoms with van der Waals surface area (Å²) in [6.45, 7) is 4.05. The third-order valence-corrected chi connectivity index (χ3v) is 6.53. The second-order valence-electron chi connectivity index (χ2n) is 10.3. The molecule has 9 nitrogen and oxygen atoms in total. The van der Waals surface area contributed by atoms with Gasteiger partial charge in [-0.25, -0.2) is 23.7 Å². The van der Waals surface area contributed by atoms with Gasteiger partial charge in [0.05, 0.1) is 18.6 Å². The van der Waals surface area contributed by atoms with Crippen LogP contribution in [0.4, 0.5) is 8.78 Å². The average molecular weight is 517 g/mol. The average Bonchev–Trinajstić information content (AvgIpc) is 3.26. The normalized spacial score (nSPS) is 14.5. The molecule has 0 spiro atoms. The van der Waals surface area contributed by atoms with Crippen molar-refractivity contribution in [2.24, 2.45) is 16.9 Å². The van der Waals surface area contributed by atoms with E-state index in [1.165, 1.54) is 12.7 Å². The fourth-order valence-corrected chi connectivity index (χ4v) is 4.18. The number of halogens is 2. The van der Waals surface area contributed by atoms with Gasteiger partial charge in [0.15, 0.2) is 11.4 Å². The summed E-state index contributed by atoms with van der Waals surface area (Å²) in [6.07, 6.45) is 4.59. The molecule has 3 atom stereocenters. The lowest BCUT2D eigenvalue weighted by Gasteiger charge is -2.25. The number of aliphatic hydroxyl groups excluding tert-OH is 1. The fourth-order valence-electron chi connectivity index (χ4n) is 4.18. The number of benzene rings is 1. The topological polar surface area (TPSA) is 150 Å². The van der Waals surface area contributed by atoms with Gasteiger partial charge in [0.1, 0.15) is 35.4 Å². The number of Topliss-reactive ketones (excluding diaryl/α,β-unsaturated/α-hetero) is 2. The van der Waals surface area contributed by atoms with Gasteiger partial charge in [-0.1, -0.05) is 13.8 Å². The Bertz CT molecular complexity index is 1230. The number of nitrogens with two attached hydrogens (primary N) is 2. The molecule has 3 aromatic rings. The van der Waals surface area contributed by atoms with Crippen LogP contribution in [-0.4, -0.2) is 54.4 Å². The maximum Gasteiger partial charge on any atom is 0.163 e. The maximum absolute atomic E-state index is 13.8. The third-order valence-electron chi connectivity index (χ3n) is 6.53. The van der Waals surface area contributed by atoms with Gasteiger partial charge in [-0.05, 0) is 48.4 Å². The maximum atomic E-state index is 13.8. The molecule has 37 heavy (non-hydrogen) atoms. The molecule has 0 aliphatic rings.